The van der Waals surface area contributed by atoms with Crippen LogP contribution in [0.1, 0.15) is 29.7 Å². The van der Waals surface area contributed by atoms with E-state index in [0.29, 0.717) is 16.8 Å². The van der Waals surface area contributed by atoms with Crippen LogP contribution in [0.15, 0.2) is 41.2 Å². The molecule has 1 amide bonds. The van der Waals surface area contributed by atoms with Crippen LogP contribution in [0.3, 0.4) is 0 Å². The van der Waals surface area contributed by atoms with Gasteiger partial charge in [-0.1, -0.05) is 30.3 Å². The van der Waals surface area contributed by atoms with Crippen LogP contribution in [0.2, 0.25) is 0 Å². The molecule has 0 aliphatic rings. The highest BCUT2D eigenvalue weighted by Gasteiger charge is 2.16. The first kappa shape index (κ1) is 17.4. The van der Waals surface area contributed by atoms with Gasteiger partial charge in [0.05, 0.1) is 5.39 Å². The Morgan fingerprint density at radius 2 is 1.96 bits per heavy atom. The zero-order valence-corrected chi connectivity index (χ0v) is 15.2. The largest absolute Gasteiger partial charge is 0.338 e. The van der Waals surface area contributed by atoms with Crippen molar-refractivity contribution in [3.63, 3.8) is 0 Å². The predicted octanol–water partition coefficient (Wildman–Crippen LogP) is 3.66. The molecule has 0 aliphatic heterocycles. The maximum atomic E-state index is 12.4. The van der Waals surface area contributed by atoms with Gasteiger partial charge >= 0.3 is 6.03 Å². The maximum absolute atomic E-state index is 12.4. The Labute approximate surface area is 150 Å². The molecule has 3 rings (SSSR count). The number of carbonyl (C=O) groups is 1. The van der Waals surface area contributed by atoms with Gasteiger partial charge in [0.25, 0.3) is 5.56 Å². The number of amides is 1. The highest BCUT2D eigenvalue weighted by Crippen LogP contribution is 2.18. The lowest BCUT2D eigenvalue weighted by Gasteiger charge is -2.04. The summed E-state index contributed by atoms with van der Waals surface area (Å²) in [4.78, 5) is 29.7. The SMILES string of the molecule is Cc1cc(C)c2c(=O)n(C(=O)NCCCCc3ccccc3)sc2n1. The molecule has 1 N–H and O–H groups in total. The lowest BCUT2D eigenvalue weighted by Crippen LogP contribution is -2.33. The van der Waals surface area contributed by atoms with Gasteiger partial charge in [0.15, 0.2) is 0 Å². The Morgan fingerprint density at radius 3 is 2.72 bits per heavy atom. The van der Waals surface area contributed by atoms with Crippen molar-refractivity contribution < 1.29 is 4.79 Å². The van der Waals surface area contributed by atoms with Gasteiger partial charge in [-0.15, -0.1) is 0 Å². The first-order valence-corrected chi connectivity index (χ1v) is 9.16. The number of pyridine rings is 1. The first-order valence-electron chi connectivity index (χ1n) is 8.38. The quantitative estimate of drug-likeness (QED) is 0.711. The second-order valence-corrected chi connectivity index (χ2v) is 7.06. The van der Waals surface area contributed by atoms with Crippen LogP contribution in [0.5, 0.6) is 0 Å². The van der Waals surface area contributed by atoms with E-state index < -0.39 is 0 Å². The molecule has 0 unspecified atom stereocenters. The highest BCUT2D eigenvalue weighted by atomic mass is 32.1. The third kappa shape index (κ3) is 3.96. The number of hydrogen-bond acceptors (Lipinski definition) is 4. The van der Waals surface area contributed by atoms with Crippen molar-refractivity contribution in [2.75, 3.05) is 6.54 Å². The highest BCUT2D eigenvalue weighted by molar-refractivity contribution is 7.14. The van der Waals surface area contributed by atoms with Crippen LogP contribution < -0.4 is 10.9 Å². The van der Waals surface area contributed by atoms with E-state index >= 15 is 0 Å². The summed E-state index contributed by atoms with van der Waals surface area (Å²) in [5.74, 6) is 0. The summed E-state index contributed by atoms with van der Waals surface area (Å²) in [7, 11) is 0. The van der Waals surface area contributed by atoms with Gasteiger partial charge in [0.1, 0.15) is 4.83 Å². The fourth-order valence-corrected chi connectivity index (χ4v) is 3.88. The zero-order valence-electron chi connectivity index (χ0n) is 14.4. The number of nitrogens with one attached hydrogen (secondary N) is 1. The molecule has 0 saturated carbocycles. The maximum Gasteiger partial charge on any atom is 0.338 e. The molecule has 6 heteroatoms. The fraction of sp³-hybridized carbons (Fsp3) is 0.316. The van der Waals surface area contributed by atoms with E-state index in [1.807, 2.05) is 38.1 Å². The van der Waals surface area contributed by atoms with E-state index in [1.54, 1.807) is 0 Å². The van der Waals surface area contributed by atoms with Crippen molar-refractivity contribution in [3.05, 3.63) is 63.6 Å². The average Bonchev–Trinajstić information content (AvgIpc) is 2.92. The smallest absolute Gasteiger partial charge is 0.337 e. The van der Waals surface area contributed by atoms with Gasteiger partial charge in [-0.3, -0.25) is 4.79 Å². The van der Waals surface area contributed by atoms with Crippen molar-refractivity contribution in [2.45, 2.75) is 33.1 Å². The minimum absolute atomic E-state index is 0.285. The van der Waals surface area contributed by atoms with Gasteiger partial charge in [-0.2, -0.15) is 3.96 Å². The van der Waals surface area contributed by atoms with E-state index in [-0.39, 0.29) is 11.6 Å². The van der Waals surface area contributed by atoms with Crippen molar-refractivity contribution >= 4 is 27.8 Å². The number of rotatable bonds is 5. The minimum Gasteiger partial charge on any atom is -0.337 e. The molecule has 25 heavy (non-hydrogen) atoms. The molecule has 0 atom stereocenters. The summed E-state index contributed by atoms with van der Waals surface area (Å²) in [6.07, 6.45) is 2.85. The number of fused-ring (bicyclic) bond motifs is 1. The molecule has 5 nitrogen and oxygen atoms in total. The molecule has 130 valence electrons. The number of aromatic nitrogens is 2. The Balaban J connectivity index is 1.58. The molecule has 1 aromatic carbocycles. The predicted molar refractivity (Wildman–Crippen MR) is 102 cm³/mol. The topological polar surface area (TPSA) is 64.0 Å². The van der Waals surface area contributed by atoms with Gasteiger partial charge in [-0.25, -0.2) is 9.78 Å². The van der Waals surface area contributed by atoms with Crippen LogP contribution in [0.25, 0.3) is 10.2 Å². The normalized spacial score (nSPS) is 11.0. The van der Waals surface area contributed by atoms with E-state index in [9.17, 15) is 9.59 Å². The molecule has 3 aromatic rings. The third-order valence-corrected chi connectivity index (χ3v) is 5.07. The molecular weight excluding hydrogens is 334 g/mol. The molecule has 0 fully saturated rings. The van der Waals surface area contributed by atoms with Crippen molar-refractivity contribution in [1.82, 2.24) is 14.3 Å². The first-order chi connectivity index (χ1) is 12.1. The molecule has 0 bridgehead atoms. The number of aryl methyl sites for hydroxylation is 3. The Hall–Kier alpha value is -2.47. The summed E-state index contributed by atoms with van der Waals surface area (Å²) >= 11 is 1.10. The molecular formula is C19H21N3O2S. The van der Waals surface area contributed by atoms with Crippen molar-refractivity contribution in [3.8, 4) is 0 Å². The second kappa shape index (κ2) is 7.61. The molecule has 2 aromatic heterocycles. The van der Waals surface area contributed by atoms with Crippen molar-refractivity contribution in [1.29, 1.82) is 0 Å². The number of nitrogens with zero attached hydrogens (tertiary/aromatic N) is 2. The van der Waals surface area contributed by atoms with Crippen LogP contribution >= 0.6 is 11.5 Å². The van der Waals surface area contributed by atoms with Crippen molar-refractivity contribution in [2.24, 2.45) is 0 Å². The van der Waals surface area contributed by atoms with Gasteiger partial charge in [0.2, 0.25) is 0 Å². The monoisotopic (exact) mass is 355 g/mol. The molecule has 2 heterocycles. The fourth-order valence-electron chi connectivity index (χ4n) is 2.86. The number of unbranched alkanes of at least 4 members (excludes halogenated alkanes) is 1. The molecule has 0 radical (unpaired) electrons. The summed E-state index contributed by atoms with van der Waals surface area (Å²) in [6, 6.07) is 11.8. The Bertz CT molecular complexity index is 944. The summed E-state index contributed by atoms with van der Waals surface area (Å²) in [5.41, 5.74) is 2.72. The summed E-state index contributed by atoms with van der Waals surface area (Å²) in [6.45, 7) is 4.31. The number of benzene rings is 1. The van der Waals surface area contributed by atoms with Crippen LogP contribution in [0.4, 0.5) is 4.79 Å². The molecule has 0 aliphatic carbocycles. The van der Waals surface area contributed by atoms with E-state index in [0.717, 1.165) is 42.1 Å². The lowest BCUT2D eigenvalue weighted by molar-refractivity contribution is 0.243. The van der Waals surface area contributed by atoms with E-state index in [4.69, 9.17) is 0 Å². The third-order valence-electron chi connectivity index (χ3n) is 4.08. The standard InChI is InChI=1S/C19H21N3O2S/c1-13-12-14(2)21-17-16(13)18(23)22(25-17)19(24)20-11-7-6-10-15-8-4-3-5-9-15/h3-5,8-9,12H,6-7,10-11H2,1-2H3,(H,20,24). The molecule has 0 saturated heterocycles. The summed E-state index contributed by atoms with van der Waals surface area (Å²) in [5, 5.41) is 3.36. The van der Waals surface area contributed by atoms with Gasteiger partial charge in [-0.05, 0) is 61.8 Å². The molecule has 0 spiro atoms. The van der Waals surface area contributed by atoms with E-state index in [2.05, 4.69) is 22.4 Å². The van der Waals surface area contributed by atoms with Gasteiger partial charge in [0, 0.05) is 12.2 Å². The Kier molecular flexibility index (Phi) is 5.28. The minimum atomic E-state index is -0.371. The second-order valence-electron chi connectivity index (χ2n) is 6.13. The van der Waals surface area contributed by atoms with E-state index in [1.165, 1.54) is 9.52 Å². The van der Waals surface area contributed by atoms with Crippen LogP contribution in [-0.4, -0.2) is 21.5 Å². The lowest BCUT2D eigenvalue weighted by atomic mass is 10.1. The summed E-state index contributed by atoms with van der Waals surface area (Å²) < 4.78 is 1.17. The zero-order chi connectivity index (χ0) is 17.8. The van der Waals surface area contributed by atoms with Crippen LogP contribution in [-0.2, 0) is 6.42 Å². The number of hydrogen-bond donors (Lipinski definition) is 1. The average molecular weight is 355 g/mol. The van der Waals surface area contributed by atoms with Gasteiger partial charge < -0.3 is 5.32 Å². The van der Waals surface area contributed by atoms with Crippen LogP contribution in [0, 0.1) is 13.8 Å². The Morgan fingerprint density at radius 1 is 1.20 bits per heavy atom. The number of carbonyl (C=O) groups excluding carboxylic acids is 1.